The predicted molar refractivity (Wildman–Crippen MR) is 51.5 cm³/mol. The number of carboxylic acid groups (broad SMARTS) is 1. The zero-order chi connectivity index (χ0) is 10.8. The normalized spacial score (nSPS) is 25.6. The Labute approximate surface area is 85.9 Å². The standard InChI is InChI=1S/C9H13N3O3/c13-8(14)4-6-2-1-3-7(6)12-5-10-11-9(12)15/h5-7H,1-4H2,(H,11,15)(H,13,14). The van der Waals surface area contributed by atoms with Gasteiger partial charge in [-0.25, -0.2) is 9.89 Å². The number of hydrogen-bond donors (Lipinski definition) is 2. The van der Waals surface area contributed by atoms with E-state index in [1.807, 2.05) is 0 Å². The fourth-order valence-electron chi connectivity index (χ4n) is 2.34. The Hall–Kier alpha value is -1.59. The van der Waals surface area contributed by atoms with Gasteiger partial charge in [-0.15, -0.1) is 0 Å². The fraction of sp³-hybridized carbons (Fsp3) is 0.667. The first-order chi connectivity index (χ1) is 7.18. The lowest BCUT2D eigenvalue weighted by molar-refractivity contribution is -0.138. The maximum absolute atomic E-state index is 11.3. The van der Waals surface area contributed by atoms with Gasteiger partial charge < -0.3 is 5.11 Å². The van der Waals surface area contributed by atoms with E-state index in [1.165, 1.54) is 10.9 Å². The minimum atomic E-state index is -0.802. The monoisotopic (exact) mass is 211 g/mol. The Bertz CT molecular complexity index is 409. The average Bonchev–Trinajstić information content (AvgIpc) is 2.73. The second kappa shape index (κ2) is 3.88. The molecule has 2 atom stereocenters. The van der Waals surface area contributed by atoms with Crippen LogP contribution < -0.4 is 5.69 Å². The van der Waals surface area contributed by atoms with Crippen molar-refractivity contribution in [3.8, 4) is 0 Å². The highest BCUT2D eigenvalue weighted by atomic mass is 16.4. The summed E-state index contributed by atoms with van der Waals surface area (Å²) < 4.78 is 1.51. The van der Waals surface area contributed by atoms with Crippen LogP contribution in [0.25, 0.3) is 0 Å². The van der Waals surface area contributed by atoms with Crippen LogP contribution in [0.1, 0.15) is 31.7 Å². The molecular weight excluding hydrogens is 198 g/mol. The Balaban J connectivity index is 2.18. The average molecular weight is 211 g/mol. The van der Waals surface area contributed by atoms with E-state index in [0.717, 1.165) is 19.3 Å². The van der Waals surface area contributed by atoms with Gasteiger partial charge in [-0.3, -0.25) is 9.36 Å². The third kappa shape index (κ3) is 1.93. The highest BCUT2D eigenvalue weighted by Gasteiger charge is 2.31. The first kappa shape index (κ1) is 9.95. The molecule has 0 aliphatic heterocycles. The summed E-state index contributed by atoms with van der Waals surface area (Å²) in [6, 6.07) is -0.00708. The van der Waals surface area contributed by atoms with Gasteiger partial charge in [-0.05, 0) is 18.8 Å². The lowest BCUT2D eigenvalue weighted by Gasteiger charge is -2.17. The van der Waals surface area contributed by atoms with Crippen molar-refractivity contribution < 1.29 is 9.90 Å². The highest BCUT2D eigenvalue weighted by molar-refractivity contribution is 5.67. The van der Waals surface area contributed by atoms with E-state index in [-0.39, 0.29) is 24.1 Å². The van der Waals surface area contributed by atoms with Crippen LogP contribution in [-0.4, -0.2) is 25.8 Å². The van der Waals surface area contributed by atoms with Crippen molar-refractivity contribution in [2.24, 2.45) is 5.92 Å². The molecule has 6 nitrogen and oxygen atoms in total. The minimum Gasteiger partial charge on any atom is -0.481 e. The maximum atomic E-state index is 11.3. The number of aromatic amines is 1. The molecule has 15 heavy (non-hydrogen) atoms. The van der Waals surface area contributed by atoms with Gasteiger partial charge >= 0.3 is 11.7 Å². The largest absolute Gasteiger partial charge is 0.481 e. The summed E-state index contributed by atoms with van der Waals surface area (Å²) in [6.07, 6.45) is 4.28. The van der Waals surface area contributed by atoms with Crippen molar-refractivity contribution in [2.75, 3.05) is 0 Å². The molecule has 1 aromatic rings. The minimum absolute atomic E-state index is 0.00708. The zero-order valence-corrected chi connectivity index (χ0v) is 8.22. The quantitative estimate of drug-likeness (QED) is 0.756. The molecule has 1 saturated carbocycles. The molecule has 1 fully saturated rings. The van der Waals surface area contributed by atoms with Gasteiger partial charge in [0.2, 0.25) is 0 Å². The van der Waals surface area contributed by atoms with Crippen molar-refractivity contribution in [3.63, 3.8) is 0 Å². The molecule has 2 unspecified atom stereocenters. The maximum Gasteiger partial charge on any atom is 0.343 e. The first-order valence-electron chi connectivity index (χ1n) is 5.02. The van der Waals surface area contributed by atoms with Crippen LogP contribution in [0.4, 0.5) is 0 Å². The van der Waals surface area contributed by atoms with Crippen LogP contribution in [0.2, 0.25) is 0 Å². The molecule has 1 heterocycles. The lowest BCUT2D eigenvalue weighted by Crippen LogP contribution is -2.25. The van der Waals surface area contributed by atoms with Crippen molar-refractivity contribution in [1.29, 1.82) is 0 Å². The predicted octanol–water partition coefficient (Wildman–Crippen LogP) is 0.387. The van der Waals surface area contributed by atoms with E-state index in [0.29, 0.717) is 0 Å². The molecule has 2 N–H and O–H groups in total. The van der Waals surface area contributed by atoms with Crippen LogP contribution in [-0.2, 0) is 4.79 Å². The molecule has 0 aromatic carbocycles. The number of nitrogens with zero attached hydrogens (tertiary/aromatic N) is 2. The zero-order valence-electron chi connectivity index (χ0n) is 8.22. The smallest absolute Gasteiger partial charge is 0.343 e. The van der Waals surface area contributed by atoms with Crippen LogP contribution in [0.5, 0.6) is 0 Å². The molecule has 1 aliphatic rings. The molecule has 82 valence electrons. The van der Waals surface area contributed by atoms with Crippen molar-refractivity contribution >= 4 is 5.97 Å². The van der Waals surface area contributed by atoms with E-state index >= 15 is 0 Å². The van der Waals surface area contributed by atoms with Gasteiger partial charge in [-0.2, -0.15) is 5.10 Å². The topological polar surface area (TPSA) is 88.0 Å². The number of nitrogens with one attached hydrogen (secondary N) is 1. The van der Waals surface area contributed by atoms with Crippen molar-refractivity contribution in [2.45, 2.75) is 31.7 Å². The van der Waals surface area contributed by atoms with Crippen LogP contribution in [0, 0.1) is 5.92 Å². The second-order valence-corrected chi connectivity index (χ2v) is 3.92. The first-order valence-corrected chi connectivity index (χ1v) is 5.02. The summed E-state index contributed by atoms with van der Waals surface area (Å²) in [7, 11) is 0. The van der Waals surface area contributed by atoms with Gasteiger partial charge in [-0.1, -0.05) is 6.42 Å². The highest BCUT2D eigenvalue weighted by Crippen LogP contribution is 2.36. The molecule has 2 rings (SSSR count). The number of hydrogen-bond acceptors (Lipinski definition) is 3. The van der Waals surface area contributed by atoms with E-state index in [9.17, 15) is 9.59 Å². The molecule has 0 saturated heterocycles. The molecule has 0 spiro atoms. The van der Waals surface area contributed by atoms with Crippen molar-refractivity contribution in [3.05, 3.63) is 16.8 Å². The molecule has 1 aromatic heterocycles. The van der Waals surface area contributed by atoms with Crippen LogP contribution >= 0.6 is 0 Å². The summed E-state index contributed by atoms with van der Waals surface area (Å²) in [4.78, 5) is 22.0. The molecule has 0 bridgehead atoms. The Morgan fingerprint density at radius 2 is 2.47 bits per heavy atom. The molecule has 0 amide bonds. The van der Waals surface area contributed by atoms with Gasteiger partial charge in [0, 0.05) is 6.04 Å². The number of aliphatic carboxylic acids is 1. The molecule has 0 radical (unpaired) electrons. The third-order valence-electron chi connectivity index (χ3n) is 2.99. The Morgan fingerprint density at radius 1 is 1.67 bits per heavy atom. The van der Waals surface area contributed by atoms with Crippen LogP contribution in [0.3, 0.4) is 0 Å². The van der Waals surface area contributed by atoms with Gasteiger partial charge in [0.25, 0.3) is 0 Å². The molecule has 1 aliphatic carbocycles. The SMILES string of the molecule is O=C(O)CC1CCCC1n1cn[nH]c1=O. The number of carboxylic acids is 1. The number of carbonyl (C=O) groups is 1. The number of aromatic nitrogens is 3. The van der Waals surface area contributed by atoms with Crippen LogP contribution in [0.15, 0.2) is 11.1 Å². The third-order valence-corrected chi connectivity index (χ3v) is 2.99. The van der Waals surface area contributed by atoms with E-state index in [1.54, 1.807) is 0 Å². The number of H-pyrrole nitrogens is 1. The van der Waals surface area contributed by atoms with E-state index < -0.39 is 5.97 Å². The Kier molecular flexibility index (Phi) is 2.57. The Morgan fingerprint density at radius 3 is 3.07 bits per heavy atom. The summed E-state index contributed by atoms with van der Waals surface area (Å²) in [5.74, 6) is -0.749. The summed E-state index contributed by atoms with van der Waals surface area (Å²) in [5.41, 5.74) is -0.253. The summed E-state index contributed by atoms with van der Waals surface area (Å²) in [5, 5.41) is 14.7. The second-order valence-electron chi connectivity index (χ2n) is 3.92. The fourth-order valence-corrected chi connectivity index (χ4v) is 2.34. The van der Waals surface area contributed by atoms with Crippen molar-refractivity contribution in [1.82, 2.24) is 14.8 Å². The van der Waals surface area contributed by atoms with Gasteiger partial charge in [0.15, 0.2) is 0 Å². The summed E-state index contributed by atoms with van der Waals surface area (Å²) in [6.45, 7) is 0. The van der Waals surface area contributed by atoms with E-state index in [4.69, 9.17) is 5.11 Å². The lowest BCUT2D eigenvalue weighted by atomic mass is 10.00. The molecular formula is C9H13N3O3. The van der Waals surface area contributed by atoms with E-state index in [2.05, 4.69) is 10.2 Å². The summed E-state index contributed by atoms with van der Waals surface area (Å²) >= 11 is 0. The molecule has 6 heteroatoms. The van der Waals surface area contributed by atoms with Gasteiger partial charge in [0.05, 0.1) is 6.42 Å². The van der Waals surface area contributed by atoms with Gasteiger partial charge in [0.1, 0.15) is 6.33 Å². The number of rotatable bonds is 3.